The van der Waals surface area contributed by atoms with Crippen molar-refractivity contribution < 1.29 is 4.79 Å². The molecule has 2 aromatic rings. The van der Waals surface area contributed by atoms with Crippen LogP contribution in [0.1, 0.15) is 54.0 Å². The SMILES string of the molecule is O=C(Cc1ccc2c(c1)CCCC2)N1CCC[C@@H](c2ccncn2)C1. The van der Waals surface area contributed by atoms with E-state index in [4.69, 9.17) is 0 Å². The average molecular weight is 335 g/mol. The van der Waals surface area contributed by atoms with Gasteiger partial charge in [0.1, 0.15) is 6.33 Å². The summed E-state index contributed by atoms with van der Waals surface area (Å²) in [7, 11) is 0. The van der Waals surface area contributed by atoms with E-state index in [9.17, 15) is 4.79 Å². The van der Waals surface area contributed by atoms with Crippen molar-refractivity contribution in [2.75, 3.05) is 13.1 Å². The summed E-state index contributed by atoms with van der Waals surface area (Å²) >= 11 is 0. The number of aryl methyl sites for hydroxylation is 2. The van der Waals surface area contributed by atoms with Crippen molar-refractivity contribution in [2.24, 2.45) is 0 Å². The minimum atomic E-state index is 0.245. The number of piperidine rings is 1. The molecule has 0 spiro atoms. The van der Waals surface area contributed by atoms with Gasteiger partial charge in [-0.25, -0.2) is 9.97 Å². The lowest BCUT2D eigenvalue weighted by Crippen LogP contribution is -2.40. The molecule has 130 valence electrons. The zero-order chi connectivity index (χ0) is 17.1. The Morgan fingerprint density at radius 2 is 2.00 bits per heavy atom. The molecule has 0 bridgehead atoms. The smallest absolute Gasteiger partial charge is 0.227 e. The number of nitrogens with zero attached hydrogens (tertiary/aromatic N) is 3. The van der Waals surface area contributed by atoms with Gasteiger partial charge < -0.3 is 4.90 Å². The summed E-state index contributed by atoms with van der Waals surface area (Å²) in [6.45, 7) is 1.64. The van der Waals surface area contributed by atoms with Gasteiger partial charge in [0.2, 0.25) is 5.91 Å². The summed E-state index contributed by atoms with van der Waals surface area (Å²) in [6.07, 6.45) is 11.0. The molecule has 1 atom stereocenters. The molecule has 25 heavy (non-hydrogen) atoms. The maximum absolute atomic E-state index is 12.8. The van der Waals surface area contributed by atoms with Crippen LogP contribution in [0.25, 0.3) is 0 Å². The zero-order valence-corrected chi connectivity index (χ0v) is 14.7. The molecule has 1 aromatic heterocycles. The number of carbonyl (C=O) groups excluding carboxylic acids is 1. The van der Waals surface area contributed by atoms with E-state index in [0.717, 1.165) is 43.6 Å². The summed E-state index contributed by atoms with van der Waals surface area (Å²) in [5.74, 6) is 0.582. The van der Waals surface area contributed by atoms with Crippen LogP contribution in [0, 0.1) is 0 Å². The van der Waals surface area contributed by atoms with E-state index in [0.29, 0.717) is 12.3 Å². The molecule has 0 unspecified atom stereocenters. The maximum atomic E-state index is 12.8. The Hall–Kier alpha value is -2.23. The molecule has 1 aliphatic heterocycles. The highest BCUT2D eigenvalue weighted by atomic mass is 16.2. The topological polar surface area (TPSA) is 46.1 Å². The van der Waals surface area contributed by atoms with Crippen molar-refractivity contribution in [1.29, 1.82) is 0 Å². The molecule has 0 radical (unpaired) electrons. The molecule has 2 heterocycles. The molecule has 1 fully saturated rings. The summed E-state index contributed by atoms with van der Waals surface area (Å²) in [4.78, 5) is 23.2. The molecule has 0 saturated carbocycles. The highest BCUT2D eigenvalue weighted by Crippen LogP contribution is 2.26. The second-order valence-electron chi connectivity index (χ2n) is 7.30. The Kier molecular flexibility index (Phi) is 4.77. The lowest BCUT2D eigenvalue weighted by atomic mass is 9.89. The number of benzene rings is 1. The van der Waals surface area contributed by atoms with Crippen LogP contribution >= 0.6 is 0 Å². The number of carbonyl (C=O) groups is 1. The lowest BCUT2D eigenvalue weighted by molar-refractivity contribution is -0.131. The Morgan fingerprint density at radius 3 is 2.84 bits per heavy atom. The van der Waals surface area contributed by atoms with Crippen LogP contribution in [0.4, 0.5) is 0 Å². The standard InChI is InChI=1S/C21H25N3O/c25-21(13-16-7-8-17-4-1-2-5-18(17)12-16)24-11-3-6-19(14-24)20-9-10-22-15-23-20/h7-10,12,15,19H,1-6,11,13-14H2/t19-/m1/s1. The molecule has 4 heteroatoms. The largest absolute Gasteiger partial charge is 0.342 e. The zero-order valence-electron chi connectivity index (χ0n) is 14.7. The maximum Gasteiger partial charge on any atom is 0.227 e. The van der Waals surface area contributed by atoms with Gasteiger partial charge in [0, 0.05) is 30.9 Å². The van der Waals surface area contributed by atoms with E-state index in [1.165, 1.54) is 30.4 Å². The van der Waals surface area contributed by atoms with Crippen LogP contribution in [0.15, 0.2) is 36.8 Å². The molecule has 1 saturated heterocycles. The van der Waals surface area contributed by atoms with E-state index in [1.807, 2.05) is 11.0 Å². The fourth-order valence-corrected chi connectivity index (χ4v) is 4.17. The molecule has 2 aliphatic rings. The molecular formula is C21H25N3O. The third-order valence-electron chi connectivity index (χ3n) is 5.57. The summed E-state index contributed by atoms with van der Waals surface area (Å²) < 4.78 is 0. The Morgan fingerprint density at radius 1 is 1.12 bits per heavy atom. The van der Waals surface area contributed by atoms with Gasteiger partial charge in [-0.05, 0) is 61.3 Å². The first kappa shape index (κ1) is 16.2. The van der Waals surface area contributed by atoms with Crippen molar-refractivity contribution in [1.82, 2.24) is 14.9 Å². The third kappa shape index (κ3) is 3.73. The molecule has 1 aliphatic carbocycles. The minimum absolute atomic E-state index is 0.245. The normalized spacial score (nSPS) is 20.2. The van der Waals surface area contributed by atoms with Crippen LogP contribution in [-0.2, 0) is 24.1 Å². The minimum Gasteiger partial charge on any atom is -0.342 e. The highest BCUT2D eigenvalue weighted by Gasteiger charge is 2.25. The van der Waals surface area contributed by atoms with E-state index in [1.54, 1.807) is 12.5 Å². The van der Waals surface area contributed by atoms with Crippen LogP contribution in [0.2, 0.25) is 0 Å². The second kappa shape index (κ2) is 7.34. The number of amides is 1. The van der Waals surface area contributed by atoms with Gasteiger partial charge in [0.15, 0.2) is 0 Å². The summed E-state index contributed by atoms with van der Waals surface area (Å²) in [5.41, 5.74) is 5.15. The molecule has 4 nitrogen and oxygen atoms in total. The summed E-state index contributed by atoms with van der Waals surface area (Å²) in [5, 5.41) is 0. The number of hydrogen-bond donors (Lipinski definition) is 0. The molecule has 1 amide bonds. The first-order chi connectivity index (χ1) is 12.3. The van der Waals surface area contributed by atoms with Gasteiger partial charge in [-0.15, -0.1) is 0 Å². The van der Waals surface area contributed by atoms with Gasteiger partial charge in [-0.3, -0.25) is 4.79 Å². The predicted octanol–water partition coefficient (Wildman–Crippen LogP) is 3.30. The van der Waals surface area contributed by atoms with Gasteiger partial charge in [-0.2, -0.15) is 0 Å². The fraction of sp³-hybridized carbons (Fsp3) is 0.476. The molecule has 4 rings (SSSR count). The first-order valence-corrected chi connectivity index (χ1v) is 9.44. The second-order valence-corrected chi connectivity index (χ2v) is 7.30. The summed E-state index contributed by atoms with van der Waals surface area (Å²) in [6, 6.07) is 8.62. The number of aromatic nitrogens is 2. The van der Waals surface area contributed by atoms with Crippen molar-refractivity contribution in [2.45, 2.75) is 50.9 Å². The number of rotatable bonds is 3. The van der Waals surface area contributed by atoms with Gasteiger partial charge >= 0.3 is 0 Å². The van der Waals surface area contributed by atoms with Crippen molar-refractivity contribution in [3.63, 3.8) is 0 Å². The van der Waals surface area contributed by atoms with E-state index >= 15 is 0 Å². The Labute approximate surface area is 149 Å². The predicted molar refractivity (Wildman–Crippen MR) is 97.4 cm³/mol. The van der Waals surface area contributed by atoms with Crippen LogP contribution in [-0.4, -0.2) is 33.9 Å². The highest BCUT2D eigenvalue weighted by molar-refractivity contribution is 5.79. The fourth-order valence-electron chi connectivity index (χ4n) is 4.17. The van der Waals surface area contributed by atoms with E-state index in [2.05, 4.69) is 28.2 Å². The van der Waals surface area contributed by atoms with Crippen molar-refractivity contribution in [3.8, 4) is 0 Å². The third-order valence-corrected chi connectivity index (χ3v) is 5.57. The molecule has 0 N–H and O–H groups in total. The number of hydrogen-bond acceptors (Lipinski definition) is 3. The van der Waals surface area contributed by atoms with Crippen molar-refractivity contribution in [3.05, 3.63) is 59.2 Å². The molecular weight excluding hydrogens is 310 g/mol. The number of likely N-dealkylation sites (tertiary alicyclic amines) is 1. The first-order valence-electron chi connectivity index (χ1n) is 9.44. The Bertz CT molecular complexity index is 744. The van der Waals surface area contributed by atoms with Gasteiger partial charge in [-0.1, -0.05) is 18.2 Å². The number of fused-ring (bicyclic) bond motifs is 1. The lowest BCUT2D eigenvalue weighted by Gasteiger charge is -2.32. The van der Waals surface area contributed by atoms with E-state index in [-0.39, 0.29) is 5.91 Å². The van der Waals surface area contributed by atoms with Crippen LogP contribution in [0.5, 0.6) is 0 Å². The van der Waals surface area contributed by atoms with Crippen LogP contribution < -0.4 is 0 Å². The van der Waals surface area contributed by atoms with E-state index < -0.39 is 0 Å². The van der Waals surface area contributed by atoms with Gasteiger partial charge in [0.25, 0.3) is 0 Å². The quantitative estimate of drug-likeness (QED) is 0.864. The van der Waals surface area contributed by atoms with Crippen LogP contribution in [0.3, 0.4) is 0 Å². The Balaban J connectivity index is 1.42. The monoisotopic (exact) mass is 335 g/mol. The van der Waals surface area contributed by atoms with Gasteiger partial charge in [0.05, 0.1) is 6.42 Å². The van der Waals surface area contributed by atoms with Crippen molar-refractivity contribution >= 4 is 5.91 Å². The molecule has 1 aromatic carbocycles. The average Bonchev–Trinajstić information content (AvgIpc) is 2.69.